The molecule has 182 valence electrons. The first-order valence-corrected chi connectivity index (χ1v) is 12.7. The number of Topliss-reactive ketones (excluding diaryl/α,β-unsaturated/α-hetero) is 1. The van der Waals surface area contributed by atoms with Gasteiger partial charge in [0, 0.05) is 30.4 Å². The topological polar surface area (TPSA) is 124 Å². The second-order valence-corrected chi connectivity index (χ2v) is 9.93. The Morgan fingerprint density at radius 1 is 0.833 bits per heavy atom. The van der Waals surface area contributed by atoms with E-state index < -0.39 is 0 Å². The number of carbonyl (C=O) groups is 2. The lowest BCUT2D eigenvalue weighted by Gasteiger charge is -2.09. The number of pyridine rings is 2. The fraction of sp³-hybridized carbons (Fsp3) is 0.308. The van der Waals surface area contributed by atoms with Crippen molar-refractivity contribution in [1.29, 1.82) is 0 Å². The van der Waals surface area contributed by atoms with Gasteiger partial charge in [-0.15, -0.1) is 10.2 Å². The molecule has 0 saturated heterocycles. The maximum atomic E-state index is 12.3. The molecule has 0 unspecified atom stereocenters. The minimum absolute atomic E-state index is 0.0713. The molecule has 4 heterocycles. The minimum atomic E-state index is -0.289. The smallest absolute Gasteiger partial charge is 0.276 e. The fourth-order valence-corrected chi connectivity index (χ4v) is 5.33. The largest absolute Gasteiger partial charge is 0.299 e. The molecular weight excluding hydrogens is 474 g/mol. The summed E-state index contributed by atoms with van der Waals surface area (Å²) in [4.78, 5) is 32.9. The van der Waals surface area contributed by atoms with Crippen LogP contribution in [0.5, 0.6) is 0 Å². The van der Waals surface area contributed by atoms with Crippen molar-refractivity contribution in [1.82, 2.24) is 30.4 Å². The summed E-state index contributed by atoms with van der Waals surface area (Å²) in [6.07, 6.45) is 7.77. The molecule has 1 amide bonds. The van der Waals surface area contributed by atoms with Crippen LogP contribution < -0.4 is 5.32 Å². The third-order valence-corrected chi connectivity index (χ3v) is 7.21. The number of anilines is 1. The third-order valence-electron chi connectivity index (χ3n) is 6.20. The molecule has 0 bridgehead atoms. The Morgan fingerprint density at radius 2 is 1.61 bits per heavy atom. The van der Waals surface area contributed by atoms with Crippen LogP contribution in [0.2, 0.25) is 0 Å². The Kier molecular flexibility index (Phi) is 7.41. The Balaban J connectivity index is 1.10. The molecule has 0 radical (unpaired) electrons. The molecule has 1 saturated carbocycles. The van der Waals surface area contributed by atoms with Crippen molar-refractivity contribution in [3.05, 3.63) is 88.7 Å². The van der Waals surface area contributed by atoms with Crippen molar-refractivity contribution < 1.29 is 9.59 Å². The van der Waals surface area contributed by atoms with Crippen LogP contribution >= 0.6 is 11.3 Å². The number of carbonyl (C=O) groups excluding carboxylic acids is 2. The molecule has 5 rings (SSSR count). The maximum absolute atomic E-state index is 12.3. The molecule has 4 aromatic rings. The summed E-state index contributed by atoms with van der Waals surface area (Å²) in [5, 5.41) is 21.3. The second-order valence-electron chi connectivity index (χ2n) is 8.92. The van der Waals surface area contributed by atoms with Gasteiger partial charge in [-0.1, -0.05) is 23.5 Å². The molecular formula is C26H25N7O2S. The highest BCUT2D eigenvalue weighted by molar-refractivity contribution is 7.15. The van der Waals surface area contributed by atoms with Gasteiger partial charge in [0.2, 0.25) is 5.13 Å². The number of aromatic nitrogens is 6. The average Bonchev–Trinajstić information content (AvgIpc) is 3.56. The Labute approximate surface area is 212 Å². The number of ketones is 1. The summed E-state index contributed by atoms with van der Waals surface area (Å²) < 4.78 is 0. The van der Waals surface area contributed by atoms with E-state index in [1.54, 1.807) is 30.6 Å². The first kappa shape index (κ1) is 23.8. The highest BCUT2D eigenvalue weighted by Gasteiger charge is 2.29. The van der Waals surface area contributed by atoms with E-state index in [0.29, 0.717) is 34.8 Å². The Morgan fingerprint density at radius 3 is 2.36 bits per heavy atom. The predicted octanol–water partition coefficient (Wildman–Crippen LogP) is 3.85. The van der Waals surface area contributed by atoms with Crippen LogP contribution in [0.3, 0.4) is 0 Å². The lowest BCUT2D eigenvalue weighted by Crippen LogP contribution is -2.13. The molecule has 0 aromatic carbocycles. The summed E-state index contributed by atoms with van der Waals surface area (Å²) in [7, 11) is 0. The molecule has 4 aromatic heterocycles. The van der Waals surface area contributed by atoms with Crippen LogP contribution in [0, 0.1) is 5.92 Å². The highest BCUT2D eigenvalue weighted by atomic mass is 32.1. The molecule has 1 aliphatic rings. The van der Waals surface area contributed by atoms with Gasteiger partial charge >= 0.3 is 0 Å². The van der Waals surface area contributed by atoms with Gasteiger partial charge < -0.3 is 0 Å². The van der Waals surface area contributed by atoms with E-state index in [0.717, 1.165) is 42.1 Å². The van der Waals surface area contributed by atoms with Gasteiger partial charge in [-0.25, -0.2) is 0 Å². The number of hydrogen-bond donors (Lipinski definition) is 1. The van der Waals surface area contributed by atoms with Crippen molar-refractivity contribution >= 4 is 28.2 Å². The normalized spacial score (nSPS) is 17.1. The predicted molar refractivity (Wildman–Crippen MR) is 135 cm³/mol. The fourth-order valence-electron chi connectivity index (χ4n) is 4.45. The van der Waals surface area contributed by atoms with E-state index in [2.05, 4.69) is 35.7 Å². The van der Waals surface area contributed by atoms with Crippen molar-refractivity contribution in [3.63, 3.8) is 0 Å². The number of nitrogens with zero attached hydrogens (tertiary/aromatic N) is 6. The van der Waals surface area contributed by atoms with Gasteiger partial charge in [0.05, 0.1) is 17.8 Å². The zero-order chi connectivity index (χ0) is 24.7. The van der Waals surface area contributed by atoms with Crippen LogP contribution in [0.1, 0.15) is 57.8 Å². The lowest BCUT2D eigenvalue weighted by atomic mass is 9.99. The summed E-state index contributed by atoms with van der Waals surface area (Å²) in [5.41, 5.74) is 2.72. The molecule has 36 heavy (non-hydrogen) atoms. The quantitative estimate of drug-likeness (QED) is 0.368. The van der Waals surface area contributed by atoms with Crippen molar-refractivity contribution in [2.75, 3.05) is 5.32 Å². The summed E-state index contributed by atoms with van der Waals surface area (Å²) in [5.74, 6) is 0.589. The Bertz CT molecular complexity index is 1310. The maximum Gasteiger partial charge on any atom is 0.276 e. The van der Waals surface area contributed by atoms with Gasteiger partial charge in [0.15, 0.2) is 0 Å². The van der Waals surface area contributed by atoms with Crippen LogP contribution in [0.15, 0.2) is 60.9 Å². The van der Waals surface area contributed by atoms with E-state index in [4.69, 9.17) is 0 Å². The second kappa shape index (κ2) is 11.2. The number of nitrogens with one attached hydrogen (secondary N) is 1. The zero-order valence-electron chi connectivity index (χ0n) is 19.6. The van der Waals surface area contributed by atoms with Crippen molar-refractivity contribution in [2.24, 2.45) is 5.92 Å². The summed E-state index contributed by atoms with van der Waals surface area (Å²) in [6.45, 7) is 0. The molecule has 0 spiro atoms. The minimum Gasteiger partial charge on any atom is -0.299 e. The summed E-state index contributed by atoms with van der Waals surface area (Å²) in [6, 6.07) is 14.6. The molecule has 10 heteroatoms. The van der Waals surface area contributed by atoms with Crippen LogP contribution in [-0.2, 0) is 24.1 Å². The molecule has 1 N–H and O–H groups in total. The van der Waals surface area contributed by atoms with Gasteiger partial charge in [-0.3, -0.25) is 24.9 Å². The molecule has 2 atom stereocenters. The van der Waals surface area contributed by atoms with E-state index in [1.165, 1.54) is 11.3 Å². The Hall–Kier alpha value is -3.92. The number of hydrogen-bond acceptors (Lipinski definition) is 9. The molecule has 9 nitrogen and oxygen atoms in total. The molecule has 1 aliphatic carbocycles. The van der Waals surface area contributed by atoms with Gasteiger partial charge in [-0.05, 0) is 68.0 Å². The molecule has 1 fully saturated rings. The monoisotopic (exact) mass is 499 g/mol. The lowest BCUT2D eigenvalue weighted by molar-refractivity contribution is -0.117. The number of amides is 1. The third kappa shape index (κ3) is 6.19. The zero-order valence-corrected chi connectivity index (χ0v) is 20.4. The van der Waals surface area contributed by atoms with E-state index in [-0.39, 0.29) is 18.1 Å². The average molecular weight is 500 g/mol. The summed E-state index contributed by atoms with van der Waals surface area (Å²) >= 11 is 1.42. The van der Waals surface area contributed by atoms with E-state index in [9.17, 15) is 9.59 Å². The van der Waals surface area contributed by atoms with Crippen molar-refractivity contribution in [2.45, 2.75) is 44.4 Å². The first-order chi connectivity index (χ1) is 17.6. The number of rotatable bonds is 9. The SMILES string of the molecule is O=C(Cc1ccccn1)Cc1ccc(C[C@@H]2CC[C@H](c3nnc(NC(=O)c4ccccn4)s3)C2)nn1. The van der Waals surface area contributed by atoms with Crippen LogP contribution in [0.4, 0.5) is 5.13 Å². The standard InChI is InChI=1S/C26H25N7O2S/c34-22(15-19-5-1-3-11-27-19)16-21-10-9-20(30-31-21)14-17-7-8-18(13-17)25-32-33-26(36-25)29-24(35)23-6-2-4-12-28-23/h1-6,9-12,17-18H,7-8,13-16H2,(H,29,33,35)/t17-,18+/m1/s1. The van der Waals surface area contributed by atoms with Gasteiger partial charge in [0.25, 0.3) is 5.91 Å². The van der Waals surface area contributed by atoms with E-state index in [1.807, 2.05) is 30.3 Å². The first-order valence-electron chi connectivity index (χ1n) is 11.9. The van der Waals surface area contributed by atoms with E-state index >= 15 is 0 Å². The van der Waals surface area contributed by atoms with Crippen LogP contribution in [-0.4, -0.2) is 42.1 Å². The van der Waals surface area contributed by atoms with Gasteiger partial charge in [-0.2, -0.15) is 10.2 Å². The van der Waals surface area contributed by atoms with Crippen LogP contribution in [0.25, 0.3) is 0 Å². The highest BCUT2D eigenvalue weighted by Crippen LogP contribution is 2.41. The molecule has 0 aliphatic heterocycles. The van der Waals surface area contributed by atoms with Crippen molar-refractivity contribution in [3.8, 4) is 0 Å². The van der Waals surface area contributed by atoms with Gasteiger partial charge in [0.1, 0.15) is 16.5 Å².